The summed E-state index contributed by atoms with van der Waals surface area (Å²) in [5.74, 6) is 0.877. The molecule has 3 aromatic rings. The molecular weight excluding hydrogens is 236 g/mol. The van der Waals surface area contributed by atoms with Gasteiger partial charge in [-0.05, 0) is 12.1 Å². The minimum absolute atomic E-state index is 0.169. The molecule has 1 N–H and O–H groups in total. The Kier molecular flexibility index (Phi) is 2.21. The average molecular weight is 248 g/mol. The predicted octanol–water partition coefficient (Wildman–Crippen LogP) is 2.73. The number of para-hydroxylation sites is 1. The van der Waals surface area contributed by atoms with Gasteiger partial charge in [0.2, 0.25) is 0 Å². The number of rotatable bonds is 1. The lowest BCUT2D eigenvalue weighted by atomic mass is 10.1. The van der Waals surface area contributed by atoms with Crippen LogP contribution in [0.1, 0.15) is 17.4 Å². The summed E-state index contributed by atoms with van der Waals surface area (Å²) in [6.07, 6.45) is 4.28. The number of hydrogen-bond donors (Lipinski definition) is 1. The molecule has 4 heteroatoms. The monoisotopic (exact) mass is 248 g/mol. The second kappa shape index (κ2) is 4.02. The first-order valence-electron chi connectivity index (χ1n) is 6.32. The van der Waals surface area contributed by atoms with Gasteiger partial charge in [0.15, 0.2) is 0 Å². The van der Waals surface area contributed by atoms with Crippen LogP contribution in [0, 0.1) is 0 Å². The molecule has 1 aromatic carbocycles. The normalized spacial score (nSPS) is 17.2. The molecule has 2 aromatic heterocycles. The molecule has 92 valence electrons. The molecule has 4 nitrogen and oxygen atoms in total. The predicted molar refractivity (Wildman–Crippen MR) is 73.8 cm³/mol. The number of fused-ring (bicyclic) bond motifs is 2. The number of nitrogens with zero attached hydrogens (tertiary/aromatic N) is 3. The van der Waals surface area contributed by atoms with Crippen molar-refractivity contribution < 1.29 is 0 Å². The summed E-state index contributed by atoms with van der Waals surface area (Å²) in [4.78, 5) is 13.4. The lowest BCUT2D eigenvalue weighted by Crippen LogP contribution is -2.08. The van der Waals surface area contributed by atoms with E-state index in [9.17, 15) is 0 Å². The van der Waals surface area contributed by atoms with E-state index in [4.69, 9.17) is 4.98 Å². The Morgan fingerprint density at radius 1 is 1.00 bits per heavy atom. The molecule has 0 saturated carbocycles. The van der Waals surface area contributed by atoms with E-state index in [1.54, 1.807) is 12.4 Å². The molecule has 1 atom stereocenters. The van der Waals surface area contributed by atoms with Crippen molar-refractivity contribution in [2.24, 2.45) is 0 Å². The number of benzene rings is 1. The fraction of sp³-hybridized carbons (Fsp3) is 0.133. The SMILES string of the molecule is c1ccc2nc(C3Cc4nccnc4N3)ccc2c1. The van der Waals surface area contributed by atoms with Crippen molar-refractivity contribution in [2.45, 2.75) is 12.5 Å². The topological polar surface area (TPSA) is 50.7 Å². The summed E-state index contributed by atoms with van der Waals surface area (Å²) in [5, 5.41) is 4.54. The molecule has 0 bridgehead atoms. The number of anilines is 1. The van der Waals surface area contributed by atoms with Gasteiger partial charge in [-0.1, -0.05) is 24.3 Å². The third-order valence-electron chi connectivity index (χ3n) is 3.46. The molecule has 0 fully saturated rings. The summed E-state index contributed by atoms with van der Waals surface area (Å²) >= 11 is 0. The Morgan fingerprint density at radius 2 is 1.89 bits per heavy atom. The van der Waals surface area contributed by atoms with Gasteiger partial charge in [-0.3, -0.25) is 9.97 Å². The smallest absolute Gasteiger partial charge is 0.148 e. The standard InChI is InChI=1S/C15H12N4/c1-2-4-11-10(3-1)5-6-12(18-11)13-9-14-15(19-13)17-8-7-16-14/h1-8,13H,9H2,(H,17,19). The molecule has 0 radical (unpaired) electrons. The molecule has 0 spiro atoms. The van der Waals surface area contributed by atoms with Crippen LogP contribution < -0.4 is 5.32 Å². The fourth-order valence-electron chi connectivity index (χ4n) is 2.50. The van der Waals surface area contributed by atoms with Gasteiger partial charge in [0.05, 0.1) is 22.9 Å². The van der Waals surface area contributed by atoms with Crippen molar-refractivity contribution in [3.8, 4) is 0 Å². The van der Waals surface area contributed by atoms with Gasteiger partial charge >= 0.3 is 0 Å². The van der Waals surface area contributed by atoms with Gasteiger partial charge < -0.3 is 5.32 Å². The Bertz CT molecular complexity index is 729. The summed E-state index contributed by atoms with van der Waals surface area (Å²) in [6.45, 7) is 0. The maximum absolute atomic E-state index is 4.72. The molecule has 0 amide bonds. The Balaban J connectivity index is 1.73. The second-order valence-corrected chi connectivity index (χ2v) is 4.68. The lowest BCUT2D eigenvalue weighted by molar-refractivity contribution is 0.782. The first-order chi connectivity index (χ1) is 9.40. The van der Waals surface area contributed by atoms with Crippen LogP contribution in [0.15, 0.2) is 48.8 Å². The molecule has 3 heterocycles. The Hall–Kier alpha value is -2.49. The molecule has 1 unspecified atom stereocenters. The van der Waals surface area contributed by atoms with Gasteiger partial charge in [-0.25, -0.2) is 4.98 Å². The first kappa shape index (κ1) is 10.4. The van der Waals surface area contributed by atoms with Crippen LogP contribution >= 0.6 is 0 Å². The molecular formula is C15H12N4. The fourth-order valence-corrected chi connectivity index (χ4v) is 2.50. The zero-order valence-electron chi connectivity index (χ0n) is 10.2. The van der Waals surface area contributed by atoms with Gasteiger partial charge in [-0.2, -0.15) is 0 Å². The van der Waals surface area contributed by atoms with Crippen LogP contribution in [0.3, 0.4) is 0 Å². The average Bonchev–Trinajstić information content (AvgIpc) is 2.90. The zero-order valence-corrected chi connectivity index (χ0v) is 10.2. The zero-order chi connectivity index (χ0) is 12.7. The van der Waals surface area contributed by atoms with E-state index >= 15 is 0 Å². The number of aromatic nitrogens is 3. The van der Waals surface area contributed by atoms with Crippen molar-refractivity contribution >= 4 is 16.7 Å². The van der Waals surface area contributed by atoms with Gasteiger partial charge in [0.25, 0.3) is 0 Å². The molecule has 0 saturated heterocycles. The minimum atomic E-state index is 0.169. The summed E-state index contributed by atoms with van der Waals surface area (Å²) in [5.41, 5.74) is 3.08. The number of hydrogen-bond acceptors (Lipinski definition) is 4. The highest BCUT2D eigenvalue weighted by Crippen LogP contribution is 2.30. The van der Waals surface area contributed by atoms with Crippen LogP contribution in [0.25, 0.3) is 10.9 Å². The number of pyridine rings is 1. The van der Waals surface area contributed by atoms with Crippen molar-refractivity contribution in [3.63, 3.8) is 0 Å². The maximum Gasteiger partial charge on any atom is 0.148 e. The van der Waals surface area contributed by atoms with Crippen LogP contribution in [-0.2, 0) is 6.42 Å². The Morgan fingerprint density at radius 3 is 2.84 bits per heavy atom. The Labute approximate surface area is 110 Å². The second-order valence-electron chi connectivity index (χ2n) is 4.68. The van der Waals surface area contributed by atoms with E-state index in [1.807, 2.05) is 18.2 Å². The van der Waals surface area contributed by atoms with Crippen molar-refractivity contribution in [3.05, 3.63) is 60.2 Å². The van der Waals surface area contributed by atoms with E-state index in [1.165, 1.54) is 0 Å². The molecule has 1 aliphatic rings. The minimum Gasteiger partial charge on any atom is -0.360 e. The van der Waals surface area contributed by atoms with Crippen LogP contribution in [0.2, 0.25) is 0 Å². The van der Waals surface area contributed by atoms with E-state index in [2.05, 4.69) is 33.5 Å². The first-order valence-corrected chi connectivity index (χ1v) is 6.32. The van der Waals surface area contributed by atoms with E-state index in [-0.39, 0.29) is 6.04 Å². The van der Waals surface area contributed by atoms with Crippen LogP contribution in [0.4, 0.5) is 5.82 Å². The van der Waals surface area contributed by atoms with Gasteiger partial charge in [0.1, 0.15) is 5.82 Å². The summed E-state index contributed by atoms with van der Waals surface area (Å²) < 4.78 is 0. The quantitative estimate of drug-likeness (QED) is 0.719. The molecule has 19 heavy (non-hydrogen) atoms. The third kappa shape index (κ3) is 1.73. The maximum atomic E-state index is 4.72. The van der Waals surface area contributed by atoms with Gasteiger partial charge in [0, 0.05) is 24.2 Å². The van der Waals surface area contributed by atoms with Crippen LogP contribution in [-0.4, -0.2) is 15.0 Å². The summed E-state index contributed by atoms with van der Waals surface area (Å²) in [6, 6.07) is 12.5. The van der Waals surface area contributed by atoms with Crippen LogP contribution in [0.5, 0.6) is 0 Å². The van der Waals surface area contributed by atoms with Crippen molar-refractivity contribution in [2.75, 3.05) is 5.32 Å². The number of nitrogens with one attached hydrogen (secondary N) is 1. The van der Waals surface area contributed by atoms with E-state index in [0.717, 1.165) is 34.5 Å². The summed E-state index contributed by atoms with van der Waals surface area (Å²) in [7, 11) is 0. The third-order valence-corrected chi connectivity index (χ3v) is 3.46. The van der Waals surface area contributed by atoms with Crippen molar-refractivity contribution in [1.82, 2.24) is 15.0 Å². The van der Waals surface area contributed by atoms with Crippen molar-refractivity contribution in [1.29, 1.82) is 0 Å². The van der Waals surface area contributed by atoms with E-state index < -0.39 is 0 Å². The van der Waals surface area contributed by atoms with E-state index in [0.29, 0.717) is 0 Å². The molecule has 1 aliphatic heterocycles. The molecule has 4 rings (SSSR count). The lowest BCUT2D eigenvalue weighted by Gasteiger charge is -2.10. The van der Waals surface area contributed by atoms with Gasteiger partial charge in [-0.15, -0.1) is 0 Å². The largest absolute Gasteiger partial charge is 0.360 e. The highest BCUT2D eigenvalue weighted by Gasteiger charge is 2.24. The highest BCUT2D eigenvalue weighted by atomic mass is 15.1. The highest BCUT2D eigenvalue weighted by molar-refractivity contribution is 5.78. The molecule has 0 aliphatic carbocycles.